The van der Waals surface area contributed by atoms with Crippen molar-refractivity contribution in [3.8, 4) is 0 Å². The van der Waals surface area contributed by atoms with Crippen molar-refractivity contribution in [3.63, 3.8) is 0 Å². The average molecular weight is 197 g/mol. The highest BCUT2D eigenvalue weighted by Gasteiger charge is 2.41. The van der Waals surface area contributed by atoms with Gasteiger partial charge in [-0.2, -0.15) is 0 Å². The Balaban J connectivity index is 2.90. The Bertz CT molecular complexity index is 298. The van der Waals surface area contributed by atoms with Gasteiger partial charge in [-0.1, -0.05) is 0 Å². The zero-order valence-corrected chi connectivity index (χ0v) is 8.23. The molecule has 1 heterocycles. The summed E-state index contributed by atoms with van der Waals surface area (Å²) in [5.74, 6) is -0.233. The predicted molar refractivity (Wildman–Crippen MR) is 47.5 cm³/mol. The first-order chi connectivity index (χ1) is 6.57. The van der Waals surface area contributed by atoms with Crippen LogP contribution in [0.4, 0.5) is 0 Å². The van der Waals surface area contributed by atoms with Gasteiger partial charge in [0.1, 0.15) is 16.7 Å². The van der Waals surface area contributed by atoms with Crippen LogP contribution in [0.1, 0.15) is 20.3 Å². The summed E-state index contributed by atoms with van der Waals surface area (Å²) in [6.45, 7) is 3.37. The highest BCUT2D eigenvalue weighted by Crippen LogP contribution is 2.21. The molecule has 0 aliphatic carbocycles. The van der Waals surface area contributed by atoms with E-state index in [4.69, 9.17) is 5.53 Å². The van der Waals surface area contributed by atoms with Gasteiger partial charge in [-0.05, 0) is 13.3 Å². The summed E-state index contributed by atoms with van der Waals surface area (Å²) in [5.41, 5.74) is 6.62. The minimum atomic E-state index is -0.526. The van der Waals surface area contributed by atoms with E-state index in [2.05, 4.69) is 10.0 Å². The van der Waals surface area contributed by atoms with Crippen LogP contribution in [0, 0.1) is 5.53 Å². The van der Waals surface area contributed by atoms with Crippen LogP contribution < -0.4 is 4.91 Å². The number of ketones is 1. The molecule has 1 aliphatic heterocycles. The van der Waals surface area contributed by atoms with E-state index in [-0.39, 0.29) is 17.7 Å². The largest absolute Gasteiger partial charge is 0.330 e. The fourth-order valence-corrected chi connectivity index (χ4v) is 1.81. The molecule has 0 aromatic heterocycles. The van der Waals surface area contributed by atoms with E-state index >= 15 is 0 Å². The van der Waals surface area contributed by atoms with Crippen molar-refractivity contribution in [2.75, 3.05) is 6.54 Å². The van der Waals surface area contributed by atoms with Gasteiger partial charge in [0.15, 0.2) is 11.8 Å². The van der Waals surface area contributed by atoms with Crippen LogP contribution >= 0.6 is 0 Å². The quantitative estimate of drug-likeness (QED) is 0.503. The normalized spacial score (nSPS) is 25.7. The number of rotatable bonds is 2. The second-order valence-electron chi connectivity index (χ2n) is 3.34. The van der Waals surface area contributed by atoms with Gasteiger partial charge in [0.05, 0.1) is 0 Å². The van der Waals surface area contributed by atoms with Gasteiger partial charge in [0.25, 0.3) is 0 Å². The number of carbonyl (C=O) groups excluding carboxylic acids is 2. The summed E-state index contributed by atoms with van der Waals surface area (Å²) in [4.78, 5) is 26.9. The monoisotopic (exact) mass is 197 g/mol. The van der Waals surface area contributed by atoms with Crippen LogP contribution in [0.15, 0.2) is 5.11 Å². The third kappa shape index (κ3) is 1.85. The van der Waals surface area contributed by atoms with E-state index in [1.54, 1.807) is 0 Å². The Labute approximate surface area is 81.5 Å². The first kappa shape index (κ1) is 10.5. The van der Waals surface area contributed by atoms with Crippen LogP contribution in [0.25, 0.3) is 0 Å². The van der Waals surface area contributed by atoms with Gasteiger partial charge in [0.2, 0.25) is 10.8 Å². The fraction of sp³-hybridized carbons (Fsp3) is 0.750. The maximum atomic E-state index is 11.3. The highest BCUT2D eigenvalue weighted by atomic mass is 16.2. The summed E-state index contributed by atoms with van der Waals surface area (Å²) in [6, 6.07) is -0.865. The number of nitrogens with one attached hydrogen (secondary N) is 1. The lowest BCUT2D eigenvalue weighted by Crippen LogP contribution is -2.42. The summed E-state index contributed by atoms with van der Waals surface area (Å²) >= 11 is 0. The van der Waals surface area contributed by atoms with Crippen LogP contribution in [-0.4, -0.2) is 35.2 Å². The molecule has 1 fully saturated rings. The third-order valence-electron chi connectivity index (χ3n) is 2.39. The Morgan fingerprint density at radius 1 is 1.50 bits per heavy atom. The summed E-state index contributed by atoms with van der Waals surface area (Å²) in [7, 11) is 0. The predicted octanol–water partition coefficient (Wildman–Crippen LogP) is 0.115. The molecule has 2 atom stereocenters. The van der Waals surface area contributed by atoms with Crippen molar-refractivity contribution in [2.45, 2.75) is 32.4 Å². The molecule has 1 N–H and O–H groups in total. The number of hydrogen-bond donors (Lipinski definition) is 1. The van der Waals surface area contributed by atoms with E-state index in [1.807, 2.05) is 0 Å². The zero-order valence-electron chi connectivity index (χ0n) is 8.23. The number of carbonyl (C=O) groups is 2. The standard InChI is InChI=1S/C8H13N4O2/c1-5(13)8-7(10-11-9)3-4-12(8)6(2)14/h7-9H,3-4H2,1-2H3/q+1/t7-,8-/m1/s1. The Morgan fingerprint density at radius 3 is 2.57 bits per heavy atom. The van der Waals surface area contributed by atoms with Crippen LogP contribution in [0.2, 0.25) is 0 Å². The van der Waals surface area contributed by atoms with Crippen molar-refractivity contribution in [3.05, 3.63) is 0 Å². The van der Waals surface area contributed by atoms with Crippen LogP contribution in [0.5, 0.6) is 0 Å². The summed E-state index contributed by atoms with van der Waals surface area (Å²) in [6.07, 6.45) is 0.603. The molecule has 6 heteroatoms. The molecule has 0 bridgehead atoms. The maximum absolute atomic E-state index is 11.3. The minimum Gasteiger partial charge on any atom is -0.330 e. The molecule has 14 heavy (non-hydrogen) atoms. The van der Waals surface area contributed by atoms with Crippen LogP contribution in [-0.2, 0) is 9.59 Å². The molecule has 0 aromatic carbocycles. The number of Topliss-reactive ketones (excluding diaryl/α,β-unsaturated/α-hetero) is 1. The smallest absolute Gasteiger partial charge is 0.220 e. The van der Waals surface area contributed by atoms with Gasteiger partial charge >= 0.3 is 0 Å². The Morgan fingerprint density at radius 2 is 2.14 bits per heavy atom. The molecule has 1 amide bonds. The van der Waals surface area contributed by atoms with Crippen molar-refractivity contribution in [2.24, 2.45) is 5.11 Å². The van der Waals surface area contributed by atoms with E-state index < -0.39 is 6.04 Å². The molecule has 0 saturated carbocycles. The molecule has 0 radical (unpaired) electrons. The van der Waals surface area contributed by atoms with Crippen molar-refractivity contribution in [1.82, 2.24) is 9.81 Å². The second-order valence-corrected chi connectivity index (χ2v) is 3.34. The molecule has 6 nitrogen and oxygen atoms in total. The lowest BCUT2D eigenvalue weighted by atomic mass is 10.1. The van der Waals surface area contributed by atoms with Crippen molar-refractivity contribution < 1.29 is 9.59 Å². The van der Waals surface area contributed by atoms with Gasteiger partial charge in [0, 0.05) is 13.5 Å². The molecule has 1 rings (SSSR count). The lowest BCUT2D eigenvalue weighted by Gasteiger charge is -2.20. The summed E-state index contributed by atoms with van der Waals surface area (Å²) in [5, 5.41) is 3.64. The SMILES string of the molecule is CC(=O)[C@@H]1[C@H](N=[N+]=N)CCN1C(C)=O. The van der Waals surface area contributed by atoms with E-state index in [9.17, 15) is 9.59 Å². The number of hydrogen-bond acceptors (Lipinski definition) is 4. The third-order valence-corrected chi connectivity index (χ3v) is 2.39. The number of nitrogens with zero attached hydrogens (tertiary/aromatic N) is 3. The van der Waals surface area contributed by atoms with Crippen LogP contribution in [0.3, 0.4) is 0 Å². The Hall–Kier alpha value is -1.55. The molecule has 1 aliphatic rings. The van der Waals surface area contributed by atoms with Crippen molar-refractivity contribution >= 4 is 11.7 Å². The van der Waals surface area contributed by atoms with Gasteiger partial charge in [-0.25, -0.2) is 0 Å². The summed E-state index contributed by atoms with van der Waals surface area (Å²) < 4.78 is 0. The molecular formula is C8H13N4O2+. The molecule has 0 spiro atoms. The molecule has 0 unspecified atom stereocenters. The minimum absolute atomic E-state index is 0.102. The van der Waals surface area contributed by atoms with E-state index in [1.165, 1.54) is 18.7 Å². The van der Waals surface area contributed by atoms with Gasteiger partial charge < -0.3 is 4.90 Å². The van der Waals surface area contributed by atoms with Crippen molar-refractivity contribution in [1.29, 1.82) is 5.53 Å². The molecule has 1 saturated heterocycles. The van der Waals surface area contributed by atoms with Gasteiger partial charge in [-0.3, -0.25) is 9.59 Å². The molecule has 76 valence electrons. The average Bonchev–Trinajstić information content (AvgIpc) is 2.48. The lowest BCUT2D eigenvalue weighted by molar-refractivity contribution is -0.135. The first-order valence-corrected chi connectivity index (χ1v) is 4.42. The fourth-order valence-electron chi connectivity index (χ4n) is 1.81. The second kappa shape index (κ2) is 4.11. The van der Waals surface area contributed by atoms with E-state index in [0.29, 0.717) is 13.0 Å². The first-order valence-electron chi connectivity index (χ1n) is 4.42. The maximum Gasteiger partial charge on any atom is 0.220 e. The van der Waals surface area contributed by atoms with Gasteiger partial charge in [-0.15, -0.1) is 0 Å². The highest BCUT2D eigenvalue weighted by molar-refractivity contribution is 5.88. The topological polar surface area (TPSA) is 87.7 Å². The Kier molecular flexibility index (Phi) is 3.09. The van der Waals surface area contributed by atoms with E-state index in [0.717, 1.165) is 0 Å². The zero-order chi connectivity index (χ0) is 10.7. The molecular weight excluding hydrogens is 184 g/mol. The number of likely N-dealkylation sites (tertiary alicyclic amines) is 1. The number of amides is 1. The molecule has 0 aromatic rings.